The van der Waals surface area contributed by atoms with Gasteiger partial charge in [0, 0.05) is 13.5 Å². The van der Waals surface area contributed by atoms with Crippen molar-refractivity contribution in [2.45, 2.75) is 75.6 Å². The first-order valence-corrected chi connectivity index (χ1v) is 9.62. The summed E-state index contributed by atoms with van der Waals surface area (Å²) in [5.74, 6) is -1.68. The maximum Gasteiger partial charge on any atom is 0.326 e. The maximum absolute atomic E-state index is 12.8. The minimum atomic E-state index is -1.01. The van der Waals surface area contributed by atoms with E-state index in [0.29, 0.717) is 32.2 Å². The monoisotopic (exact) mass is 370 g/mol. The Balaban J connectivity index is 2.05. The van der Waals surface area contributed by atoms with Crippen LogP contribution in [0.3, 0.4) is 0 Å². The molecule has 0 unspecified atom stereocenters. The molecule has 2 amide bonds. The van der Waals surface area contributed by atoms with Crippen LogP contribution in [0.2, 0.25) is 0 Å². The molecule has 140 valence electrons. The van der Waals surface area contributed by atoms with Crippen LogP contribution in [-0.4, -0.2) is 56.3 Å². The molecule has 0 bridgehead atoms. The Morgan fingerprint density at radius 2 is 1.80 bits per heavy atom. The number of rotatable bonds is 5. The van der Waals surface area contributed by atoms with Crippen molar-refractivity contribution in [3.8, 4) is 0 Å². The van der Waals surface area contributed by atoms with Gasteiger partial charge in [-0.15, -0.1) is 0 Å². The van der Waals surface area contributed by atoms with Crippen molar-refractivity contribution in [3.05, 3.63) is 0 Å². The molecule has 0 aromatic carbocycles. The summed E-state index contributed by atoms with van der Waals surface area (Å²) in [5.41, 5.74) is 0. The van der Waals surface area contributed by atoms with Crippen LogP contribution in [0.1, 0.15) is 58.8 Å². The number of amides is 2. The van der Waals surface area contributed by atoms with Gasteiger partial charge in [0.25, 0.3) is 0 Å². The second kappa shape index (κ2) is 8.21. The zero-order valence-corrected chi connectivity index (χ0v) is 15.6. The van der Waals surface area contributed by atoms with Gasteiger partial charge in [-0.05, 0) is 32.6 Å². The topological polar surface area (TPSA) is 104 Å². The van der Waals surface area contributed by atoms with Crippen LogP contribution in [0.25, 0.3) is 0 Å². The normalized spacial score (nSPS) is 23.8. The van der Waals surface area contributed by atoms with Crippen LogP contribution in [0.4, 0.5) is 0 Å². The van der Waals surface area contributed by atoms with Crippen LogP contribution in [0.15, 0.2) is 0 Å². The highest BCUT2D eigenvalue weighted by atomic mass is 32.2. The van der Waals surface area contributed by atoms with E-state index in [2.05, 4.69) is 5.32 Å². The number of carboxylic acids is 1. The van der Waals surface area contributed by atoms with Gasteiger partial charge in [-0.1, -0.05) is 31.0 Å². The SMILES string of the molecule is CC(=O)SC1(C(=O)N[C@@H](C)C(=O)N2CCC[C@H]2C(=O)O)CCCCC1. The number of nitrogens with zero attached hydrogens (tertiary/aromatic N) is 1. The quantitative estimate of drug-likeness (QED) is 0.761. The lowest BCUT2D eigenvalue weighted by atomic mass is 9.87. The number of hydrogen-bond donors (Lipinski definition) is 2. The molecule has 2 atom stereocenters. The van der Waals surface area contributed by atoms with E-state index in [1.165, 1.54) is 11.8 Å². The predicted molar refractivity (Wildman–Crippen MR) is 94.1 cm³/mol. The van der Waals surface area contributed by atoms with Gasteiger partial charge in [0.05, 0.1) is 0 Å². The molecular formula is C17H26N2O5S. The van der Waals surface area contributed by atoms with Crippen LogP contribution >= 0.6 is 11.8 Å². The maximum atomic E-state index is 12.8. The van der Waals surface area contributed by atoms with E-state index in [9.17, 15) is 24.3 Å². The molecule has 1 aliphatic carbocycles. The fraction of sp³-hybridized carbons (Fsp3) is 0.765. The van der Waals surface area contributed by atoms with Crippen LogP contribution in [0.5, 0.6) is 0 Å². The highest BCUT2D eigenvalue weighted by molar-refractivity contribution is 8.15. The average Bonchev–Trinajstić information content (AvgIpc) is 3.04. The number of carbonyl (C=O) groups is 4. The highest BCUT2D eigenvalue weighted by Crippen LogP contribution is 2.40. The van der Waals surface area contributed by atoms with Gasteiger partial charge in [-0.25, -0.2) is 4.79 Å². The van der Waals surface area contributed by atoms with Gasteiger partial charge in [0.15, 0.2) is 5.12 Å². The standard InChI is InChI=1S/C17H26N2O5S/c1-11(14(21)19-10-6-7-13(19)15(22)23)18-16(24)17(25-12(2)20)8-4-3-5-9-17/h11,13H,3-10H2,1-2H3,(H,18,24)(H,22,23)/t11-,13-/m0/s1. The molecule has 8 heteroatoms. The third-order valence-electron chi connectivity index (χ3n) is 4.95. The van der Waals surface area contributed by atoms with Crippen molar-refractivity contribution in [1.82, 2.24) is 10.2 Å². The van der Waals surface area contributed by atoms with E-state index in [4.69, 9.17) is 0 Å². The minimum absolute atomic E-state index is 0.110. The van der Waals surface area contributed by atoms with E-state index >= 15 is 0 Å². The zero-order valence-electron chi connectivity index (χ0n) is 14.7. The summed E-state index contributed by atoms with van der Waals surface area (Å²) < 4.78 is -0.810. The molecule has 1 heterocycles. The summed E-state index contributed by atoms with van der Waals surface area (Å²) in [6.07, 6.45) is 5.11. The van der Waals surface area contributed by atoms with Crippen molar-refractivity contribution >= 4 is 34.7 Å². The third-order valence-corrected chi connectivity index (χ3v) is 6.22. The molecule has 1 aliphatic heterocycles. The molecule has 0 spiro atoms. The Bertz CT molecular complexity index is 559. The van der Waals surface area contributed by atoms with Gasteiger partial charge in [-0.3, -0.25) is 14.4 Å². The Kier molecular flexibility index (Phi) is 6.48. The summed E-state index contributed by atoms with van der Waals surface area (Å²) in [6, 6.07) is -1.62. The van der Waals surface area contributed by atoms with Crippen molar-refractivity contribution in [2.24, 2.45) is 0 Å². The first kappa shape index (κ1) is 19.8. The molecule has 0 aromatic heterocycles. The molecule has 25 heavy (non-hydrogen) atoms. The van der Waals surface area contributed by atoms with Crippen LogP contribution in [-0.2, 0) is 19.2 Å². The van der Waals surface area contributed by atoms with Gasteiger partial charge in [0.2, 0.25) is 11.8 Å². The summed E-state index contributed by atoms with van der Waals surface area (Å²) in [6.45, 7) is 3.42. The Morgan fingerprint density at radius 1 is 1.16 bits per heavy atom. The van der Waals surface area contributed by atoms with Gasteiger partial charge in [-0.2, -0.15) is 0 Å². The number of nitrogens with one attached hydrogen (secondary N) is 1. The minimum Gasteiger partial charge on any atom is -0.480 e. The van der Waals surface area contributed by atoms with E-state index in [0.717, 1.165) is 31.0 Å². The van der Waals surface area contributed by atoms with E-state index in [1.807, 2.05) is 0 Å². The lowest BCUT2D eigenvalue weighted by Gasteiger charge is -2.35. The zero-order chi connectivity index (χ0) is 18.6. The summed E-state index contributed by atoms with van der Waals surface area (Å²) in [5, 5.41) is 11.8. The van der Waals surface area contributed by atoms with Crippen molar-refractivity contribution < 1.29 is 24.3 Å². The molecule has 1 saturated heterocycles. The Hall–Kier alpha value is -1.57. The third kappa shape index (κ3) is 4.54. The van der Waals surface area contributed by atoms with E-state index < -0.39 is 22.8 Å². The Morgan fingerprint density at radius 3 is 2.36 bits per heavy atom. The second-order valence-electron chi connectivity index (χ2n) is 6.87. The van der Waals surface area contributed by atoms with E-state index in [1.54, 1.807) is 6.92 Å². The molecule has 2 fully saturated rings. The summed E-state index contributed by atoms with van der Waals surface area (Å²) in [7, 11) is 0. The largest absolute Gasteiger partial charge is 0.480 e. The van der Waals surface area contributed by atoms with Crippen LogP contribution < -0.4 is 5.32 Å². The molecule has 2 N–H and O–H groups in total. The van der Waals surface area contributed by atoms with Crippen molar-refractivity contribution in [2.75, 3.05) is 6.54 Å². The summed E-state index contributed by atoms with van der Waals surface area (Å²) in [4.78, 5) is 49.6. The van der Waals surface area contributed by atoms with Gasteiger partial charge < -0.3 is 15.3 Å². The number of hydrogen-bond acceptors (Lipinski definition) is 5. The molecule has 0 aromatic rings. The molecule has 1 saturated carbocycles. The number of carboxylic acid groups (broad SMARTS) is 1. The van der Waals surface area contributed by atoms with Crippen molar-refractivity contribution in [1.29, 1.82) is 0 Å². The predicted octanol–water partition coefficient (Wildman–Crippen LogP) is 1.55. The first-order chi connectivity index (χ1) is 11.8. The molecule has 2 rings (SSSR count). The van der Waals surface area contributed by atoms with Gasteiger partial charge >= 0.3 is 5.97 Å². The second-order valence-corrected chi connectivity index (χ2v) is 8.43. The fourth-order valence-electron chi connectivity index (χ4n) is 3.70. The number of thioether (sulfide) groups is 1. The van der Waals surface area contributed by atoms with Gasteiger partial charge in [0.1, 0.15) is 16.8 Å². The molecule has 0 radical (unpaired) electrons. The summed E-state index contributed by atoms with van der Waals surface area (Å²) >= 11 is 1.05. The first-order valence-electron chi connectivity index (χ1n) is 8.81. The lowest BCUT2D eigenvalue weighted by molar-refractivity contribution is -0.149. The molecule has 7 nitrogen and oxygen atoms in total. The molecule has 2 aliphatic rings. The average molecular weight is 370 g/mol. The highest BCUT2D eigenvalue weighted by Gasteiger charge is 2.43. The molecular weight excluding hydrogens is 344 g/mol. The van der Waals surface area contributed by atoms with Crippen molar-refractivity contribution in [3.63, 3.8) is 0 Å². The smallest absolute Gasteiger partial charge is 0.326 e. The number of aliphatic carboxylic acids is 1. The number of likely N-dealkylation sites (tertiary alicyclic amines) is 1. The van der Waals surface area contributed by atoms with E-state index in [-0.39, 0.29) is 16.9 Å². The lowest BCUT2D eigenvalue weighted by Crippen LogP contribution is -2.55. The van der Waals surface area contributed by atoms with Crippen LogP contribution in [0, 0.1) is 0 Å². The Labute approximate surface area is 151 Å². The number of carbonyl (C=O) groups excluding carboxylic acids is 3. The fourth-order valence-corrected chi connectivity index (χ4v) is 4.89.